The van der Waals surface area contributed by atoms with Crippen molar-refractivity contribution in [2.45, 2.75) is 25.1 Å². The van der Waals surface area contributed by atoms with Gasteiger partial charge in [-0.2, -0.15) is 0 Å². The second kappa shape index (κ2) is 11.3. The van der Waals surface area contributed by atoms with Crippen molar-refractivity contribution >= 4 is 34.7 Å². The van der Waals surface area contributed by atoms with Crippen LogP contribution in [-0.2, 0) is 4.79 Å². The van der Waals surface area contributed by atoms with Crippen molar-refractivity contribution in [1.82, 2.24) is 15.5 Å². The Bertz CT molecular complexity index is 1190. The van der Waals surface area contributed by atoms with Crippen LogP contribution in [0, 0.1) is 5.82 Å². The maximum absolute atomic E-state index is 13.4. The minimum atomic E-state index is -0.351. The second-order valence-corrected chi connectivity index (χ2v) is 9.35. The van der Waals surface area contributed by atoms with Crippen LogP contribution in [0.3, 0.4) is 0 Å². The molecule has 1 N–H and O–H groups in total. The largest absolute Gasteiger partial charge is 0.411 e. The number of carbonyl (C=O) groups is 1. The Morgan fingerprint density at radius 3 is 2.47 bits per heavy atom. The van der Waals surface area contributed by atoms with E-state index in [1.807, 2.05) is 41.8 Å². The van der Waals surface area contributed by atoms with Crippen LogP contribution in [0.25, 0.3) is 11.5 Å². The van der Waals surface area contributed by atoms with E-state index >= 15 is 0 Å². The Labute approximate surface area is 206 Å². The van der Waals surface area contributed by atoms with E-state index in [9.17, 15) is 9.18 Å². The van der Waals surface area contributed by atoms with Crippen molar-refractivity contribution in [2.75, 3.05) is 23.7 Å². The second-order valence-electron chi connectivity index (χ2n) is 7.45. The number of thiophene rings is 1. The smallest absolute Gasteiger partial charge is 0.277 e. The zero-order chi connectivity index (χ0) is 23.9. The summed E-state index contributed by atoms with van der Waals surface area (Å²) in [7, 11) is 0. The molecule has 6 nitrogen and oxygen atoms in total. The van der Waals surface area contributed by atoms with Crippen LogP contribution in [0.5, 0.6) is 0 Å². The maximum Gasteiger partial charge on any atom is 0.277 e. The van der Waals surface area contributed by atoms with Gasteiger partial charge in [0.1, 0.15) is 5.82 Å². The quantitative estimate of drug-likeness (QED) is 0.281. The van der Waals surface area contributed by atoms with E-state index in [2.05, 4.69) is 34.3 Å². The molecule has 4 aromatic rings. The number of anilines is 1. The first-order valence-electron chi connectivity index (χ1n) is 11.0. The van der Waals surface area contributed by atoms with E-state index < -0.39 is 0 Å². The highest BCUT2D eigenvalue weighted by Crippen LogP contribution is 2.28. The van der Waals surface area contributed by atoms with Gasteiger partial charge in [0.05, 0.1) is 11.8 Å². The van der Waals surface area contributed by atoms with Crippen LogP contribution in [0.2, 0.25) is 0 Å². The summed E-state index contributed by atoms with van der Waals surface area (Å²) in [6, 6.07) is 17.7. The van der Waals surface area contributed by atoms with E-state index in [0.717, 1.165) is 34.8 Å². The van der Waals surface area contributed by atoms with Crippen LogP contribution < -0.4 is 10.2 Å². The number of rotatable bonds is 10. The average Bonchev–Trinajstić information content (AvgIpc) is 3.56. The Hall–Kier alpha value is -3.17. The summed E-state index contributed by atoms with van der Waals surface area (Å²) in [6.07, 6.45) is 0. The summed E-state index contributed by atoms with van der Waals surface area (Å²) in [4.78, 5) is 15.9. The maximum atomic E-state index is 13.4. The summed E-state index contributed by atoms with van der Waals surface area (Å²) < 4.78 is 19.1. The minimum absolute atomic E-state index is 0.117. The van der Waals surface area contributed by atoms with Gasteiger partial charge in [0.25, 0.3) is 5.22 Å². The lowest BCUT2D eigenvalue weighted by atomic mass is 10.1. The van der Waals surface area contributed by atoms with Gasteiger partial charge in [0.2, 0.25) is 11.8 Å². The van der Waals surface area contributed by atoms with E-state index in [-0.39, 0.29) is 23.5 Å². The minimum Gasteiger partial charge on any atom is -0.411 e. The van der Waals surface area contributed by atoms with Crippen molar-refractivity contribution in [2.24, 2.45) is 0 Å². The third-order valence-corrected chi connectivity index (χ3v) is 7.07. The molecule has 2 aromatic carbocycles. The first-order chi connectivity index (χ1) is 16.6. The third-order valence-electron chi connectivity index (χ3n) is 5.31. The molecular formula is C25H25FN4O2S2. The molecule has 0 bridgehead atoms. The molecule has 2 aromatic heterocycles. The molecule has 0 radical (unpaired) electrons. The van der Waals surface area contributed by atoms with Crippen molar-refractivity contribution in [1.29, 1.82) is 0 Å². The first-order valence-corrected chi connectivity index (χ1v) is 12.8. The fourth-order valence-corrected chi connectivity index (χ4v) is 4.92. The zero-order valence-electron chi connectivity index (χ0n) is 18.9. The SMILES string of the molecule is CCN(CC)c1ccc(-c2nnc(SCC(=O)NC(c3ccc(F)cc3)c3cccs3)o2)cc1. The number of hydrogen-bond donors (Lipinski definition) is 1. The molecule has 0 aliphatic heterocycles. The first kappa shape index (κ1) is 24.0. The van der Waals surface area contributed by atoms with Crippen LogP contribution in [0.15, 0.2) is 75.7 Å². The third kappa shape index (κ3) is 5.84. The molecule has 0 aliphatic carbocycles. The molecule has 1 atom stereocenters. The molecule has 34 heavy (non-hydrogen) atoms. The van der Waals surface area contributed by atoms with E-state index in [1.165, 1.54) is 35.2 Å². The van der Waals surface area contributed by atoms with Crippen molar-refractivity contribution < 1.29 is 13.6 Å². The van der Waals surface area contributed by atoms with Crippen LogP contribution in [0.1, 0.15) is 30.3 Å². The van der Waals surface area contributed by atoms with Gasteiger partial charge in [-0.15, -0.1) is 21.5 Å². The fourth-order valence-electron chi connectivity index (χ4n) is 3.55. The summed E-state index contributed by atoms with van der Waals surface area (Å²) in [5.74, 6) is 0.0317. The molecule has 0 aliphatic rings. The molecule has 0 saturated carbocycles. The van der Waals surface area contributed by atoms with Gasteiger partial charge >= 0.3 is 0 Å². The van der Waals surface area contributed by atoms with Crippen LogP contribution in [0.4, 0.5) is 10.1 Å². The molecule has 2 heterocycles. The van der Waals surface area contributed by atoms with E-state index in [1.54, 1.807) is 12.1 Å². The van der Waals surface area contributed by atoms with E-state index in [0.29, 0.717) is 11.1 Å². The number of halogens is 1. The van der Waals surface area contributed by atoms with Gasteiger partial charge in [-0.3, -0.25) is 4.79 Å². The Morgan fingerprint density at radius 2 is 1.82 bits per heavy atom. The molecular weight excluding hydrogens is 471 g/mol. The Kier molecular flexibility index (Phi) is 7.97. The number of amides is 1. The Balaban J connectivity index is 1.38. The molecule has 0 fully saturated rings. The number of nitrogens with one attached hydrogen (secondary N) is 1. The highest BCUT2D eigenvalue weighted by molar-refractivity contribution is 7.99. The van der Waals surface area contributed by atoms with E-state index in [4.69, 9.17) is 4.42 Å². The number of aromatic nitrogens is 2. The number of carbonyl (C=O) groups excluding carboxylic acids is 1. The highest BCUT2D eigenvalue weighted by atomic mass is 32.2. The van der Waals surface area contributed by atoms with Gasteiger partial charge in [0.15, 0.2) is 0 Å². The fraction of sp³-hybridized carbons (Fsp3) is 0.240. The number of hydrogen-bond acceptors (Lipinski definition) is 7. The van der Waals surface area contributed by atoms with Crippen molar-refractivity contribution in [3.05, 3.63) is 82.3 Å². The summed E-state index contributed by atoms with van der Waals surface area (Å²) in [5, 5.41) is 13.5. The van der Waals surface area contributed by atoms with Gasteiger partial charge in [-0.1, -0.05) is 30.0 Å². The zero-order valence-corrected chi connectivity index (χ0v) is 20.5. The van der Waals surface area contributed by atoms with Gasteiger partial charge in [0, 0.05) is 29.2 Å². The molecule has 1 unspecified atom stereocenters. The number of thioether (sulfide) groups is 1. The highest BCUT2D eigenvalue weighted by Gasteiger charge is 2.19. The lowest BCUT2D eigenvalue weighted by molar-refractivity contribution is -0.119. The van der Waals surface area contributed by atoms with Gasteiger partial charge in [-0.25, -0.2) is 4.39 Å². The number of nitrogens with zero attached hydrogens (tertiary/aromatic N) is 3. The summed E-state index contributed by atoms with van der Waals surface area (Å²) in [6.45, 7) is 6.12. The van der Waals surface area contributed by atoms with Gasteiger partial charge in [-0.05, 0) is 67.3 Å². The monoisotopic (exact) mass is 496 g/mol. The number of benzene rings is 2. The lowest BCUT2D eigenvalue weighted by Gasteiger charge is -2.20. The normalized spacial score (nSPS) is 11.9. The van der Waals surface area contributed by atoms with Crippen molar-refractivity contribution in [3.63, 3.8) is 0 Å². The van der Waals surface area contributed by atoms with Crippen molar-refractivity contribution in [3.8, 4) is 11.5 Å². The molecule has 176 valence electrons. The predicted molar refractivity (Wildman–Crippen MR) is 135 cm³/mol. The molecule has 1 amide bonds. The van der Waals surface area contributed by atoms with Gasteiger partial charge < -0.3 is 14.6 Å². The topological polar surface area (TPSA) is 71.3 Å². The average molecular weight is 497 g/mol. The van der Waals surface area contributed by atoms with Crippen LogP contribution in [-0.4, -0.2) is 34.9 Å². The summed E-state index contributed by atoms with van der Waals surface area (Å²) in [5.41, 5.74) is 2.78. The standard InChI is InChI=1S/C25H25FN4O2S2/c1-3-30(4-2)20-13-9-18(10-14-20)24-28-29-25(32-24)34-16-22(31)27-23(21-6-5-15-33-21)17-7-11-19(26)12-8-17/h5-15,23H,3-4,16H2,1-2H3,(H,27,31). The van der Waals surface area contributed by atoms with Crippen LogP contribution >= 0.6 is 23.1 Å². The molecule has 0 spiro atoms. The molecule has 4 rings (SSSR count). The Morgan fingerprint density at radius 1 is 1.09 bits per heavy atom. The summed E-state index contributed by atoms with van der Waals surface area (Å²) >= 11 is 2.71. The predicted octanol–water partition coefficient (Wildman–Crippen LogP) is 5.78. The molecule has 0 saturated heterocycles. The lowest BCUT2D eigenvalue weighted by Crippen LogP contribution is -2.30. The molecule has 9 heteroatoms.